The van der Waals surface area contributed by atoms with Crippen molar-refractivity contribution in [3.63, 3.8) is 0 Å². The summed E-state index contributed by atoms with van der Waals surface area (Å²) in [4.78, 5) is 0. The van der Waals surface area contributed by atoms with E-state index in [2.05, 4.69) is 52.6 Å². The van der Waals surface area contributed by atoms with Gasteiger partial charge in [-0.1, -0.05) is 31.2 Å². The van der Waals surface area contributed by atoms with Gasteiger partial charge in [0, 0.05) is 6.54 Å². The fourth-order valence-electron chi connectivity index (χ4n) is 3.03. The Balaban J connectivity index is 1.91. The molecule has 6 heteroatoms. The van der Waals surface area contributed by atoms with Gasteiger partial charge in [-0.05, 0) is 70.2 Å². The largest absolute Gasteiger partial charge is 0.494 e. The van der Waals surface area contributed by atoms with Gasteiger partial charge in [-0.25, -0.2) is 4.39 Å². The average Bonchev–Trinajstić information content (AvgIpc) is 2.84. The molecule has 1 aromatic carbocycles. The Bertz CT molecular complexity index is 714. The van der Waals surface area contributed by atoms with Crippen LogP contribution in [0.2, 0.25) is 0 Å². The smallest absolute Gasteiger partial charge is 0.494 e. The number of rotatable bonds is 9. The minimum atomic E-state index is -0.390. The van der Waals surface area contributed by atoms with E-state index in [0.29, 0.717) is 6.54 Å². The number of methoxy groups -OCH3 is 1. The van der Waals surface area contributed by atoms with Crippen LogP contribution in [0.1, 0.15) is 53.0 Å². The predicted octanol–water partition coefficient (Wildman–Crippen LogP) is 4.84. The second kappa shape index (κ2) is 9.25. The van der Waals surface area contributed by atoms with Crippen molar-refractivity contribution in [2.75, 3.05) is 13.7 Å². The highest BCUT2D eigenvalue weighted by atomic mass is 19.1. The van der Waals surface area contributed by atoms with Gasteiger partial charge < -0.3 is 19.4 Å². The third-order valence-electron chi connectivity index (χ3n) is 5.49. The highest BCUT2D eigenvalue weighted by Gasteiger charge is 2.52. The van der Waals surface area contributed by atoms with Gasteiger partial charge in [0.15, 0.2) is 11.6 Å². The Morgan fingerprint density at radius 3 is 2.46 bits per heavy atom. The van der Waals surface area contributed by atoms with Crippen molar-refractivity contribution in [1.29, 1.82) is 0 Å². The zero-order chi connectivity index (χ0) is 20.9. The molecule has 0 spiro atoms. The van der Waals surface area contributed by atoms with Gasteiger partial charge in [0.25, 0.3) is 0 Å². The molecule has 28 heavy (non-hydrogen) atoms. The van der Waals surface area contributed by atoms with Crippen LogP contribution in [-0.4, -0.2) is 32.0 Å². The fraction of sp³-hybridized carbons (Fsp3) is 0.545. The first-order valence-corrected chi connectivity index (χ1v) is 9.88. The Hall–Kier alpha value is -1.63. The SMILES string of the molecule is C=C(CCNCc1ccc(F)c(OC)c1)/C(=C\CC)B1OC(C)(C)C(C)(C)O1. The minimum Gasteiger partial charge on any atom is -0.494 e. The maximum absolute atomic E-state index is 13.5. The fourth-order valence-corrected chi connectivity index (χ4v) is 3.03. The van der Waals surface area contributed by atoms with Crippen LogP contribution < -0.4 is 10.1 Å². The van der Waals surface area contributed by atoms with Crippen molar-refractivity contribution in [2.24, 2.45) is 0 Å². The summed E-state index contributed by atoms with van der Waals surface area (Å²) in [6.07, 6.45) is 3.80. The summed E-state index contributed by atoms with van der Waals surface area (Å²) in [6.45, 7) is 16.0. The van der Waals surface area contributed by atoms with E-state index >= 15 is 0 Å². The molecule has 2 rings (SSSR count). The monoisotopic (exact) mass is 389 g/mol. The average molecular weight is 389 g/mol. The lowest BCUT2D eigenvalue weighted by Crippen LogP contribution is -2.41. The first kappa shape index (κ1) is 22.7. The molecule has 1 aliphatic heterocycles. The van der Waals surface area contributed by atoms with Crippen LogP contribution in [0, 0.1) is 5.82 Å². The van der Waals surface area contributed by atoms with Crippen molar-refractivity contribution in [3.8, 4) is 5.75 Å². The molecule has 1 aromatic rings. The van der Waals surface area contributed by atoms with E-state index in [-0.39, 0.29) is 29.9 Å². The second-order valence-electron chi connectivity index (χ2n) is 8.16. The maximum atomic E-state index is 13.5. The summed E-state index contributed by atoms with van der Waals surface area (Å²) in [5.41, 5.74) is 2.25. The number of ether oxygens (including phenoxy) is 1. The van der Waals surface area contributed by atoms with Gasteiger partial charge in [0.1, 0.15) is 0 Å². The van der Waals surface area contributed by atoms with Gasteiger partial charge in [-0.3, -0.25) is 0 Å². The topological polar surface area (TPSA) is 39.7 Å². The van der Waals surface area contributed by atoms with Gasteiger partial charge >= 0.3 is 7.12 Å². The maximum Gasteiger partial charge on any atom is 0.494 e. The van der Waals surface area contributed by atoms with Crippen LogP contribution in [0.5, 0.6) is 5.75 Å². The Labute approximate surface area is 169 Å². The third kappa shape index (κ3) is 5.25. The predicted molar refractivity (Wildman–Crippen MR) is 113 cm³/mol. The van der Waals surface area contributed by atoms with E-state index in [9.17, 15) is 4.39 Å². The molecule has 1 N–H and O–H groups in total. The van der Waals surface area contributed by atoms with Gasteiger partial charge in [0.2, 0.25) is 0 Å². The minimum absolute atomic E-state index is 0.262. The zero-order valence-corrected chi connectivity index (χ0v) is 18.0. The zero-order valence-electron chi connectivity index (χ0n) is 18.0. The van der Waals surface area contributed by atoms with Crippen LogP contribution in [0.3, 0.4) is 0 Å². The highest BCUT2D eigenvalue weighted by molar-refractivity contribution is 6.56. The summed E-state index contributed by atoms with van der Waals surface area (Å²) in [5, 5.41) is 3.38. The Morgan fingerprint density at radius 1 is 1.25 bits per heavy atom. The molecular formula is C22H33BFNO3. The standard InChI is InChI=1S/C22H33BFNO3/c1-8-9-18(23-27-21(3,4)22(5,6)28-23)16(2)12-13-25-15-17-10-11-19(24)20(14-17)26-7/h9-11,14,25H,2,8,12-13,15H2,1,3-7H3/b18-9+. The number of halogens is 1. The molecule has 0 aromatic heterocycles. The molecule has 1 heterocycles. The molecule has 0 saturated carbocycles. The van der Waals surface area contributed by atoms with Crippen molar-refractivity contribution in [1.82, 2.24) is 5.32 Å². The first-order valence-electron chi connectivity index (χ1n) is 9.88. The molecule has 0 bridgehead atoms. The lowest BCUT2D eigenvalue weighted by Gasteiger charge is -2.32. The Kier molecular flexibility index (Phi) is 7.49. The first-order chi connectivity index (χ1) is 13.1. The van der Waals surface area contributed by atoms with E-state index in [1.165, 1.54) is 13.2 Å². The summed E-state index contributed by atoms with van der Waals surface area (Å²) in [7, 11) is 1.08. The van der Waals surface area contributed by atoms with Crippen molar-refractivity contribution in [3.05, 3.63) is 53.3 Å². The van der Waals surface area contributed by atoms with Crippen LogP contribution in [0.15, 0.2) is 41.9 Å². The van der Waals surface area contributed by atoms with Crippen molar-refractivity contribution in [2.45, 2.75) is 65.2 Å². The lowest BCUT2D eigenvalue weighted by molar-refractivity contribution is 0.00578. The van der Waals surface area contributed by atoms with Gasteiger partial charge in [-0.15, -0.1) is 0 Å². The van der Waals surface area contributed by atoms with Crippen molar-refractivity contribution >= 4 is 7.12 Å². The molecule has 0 amide bonds. The third-order valence-corrected chi connectivity index (χ3v) is 5.49. The molecular weight excluding hydrogens is 356 g/mol. The summed E-state index contributed by atoms with van der Waals surface area (Å²) >= 11 is 0. The number of allylic oxidation sites excluding steroid dienone is 2. The molecule has 1 saturated heterocycles. The molecule has 0 radical (unpaired) electrons. The molecule has 4 nitrogen and oxygen atoms in total. The molecule has 1 fully saturated rings. The number of nitrogens with one attached hydrogen (secondary N) is 1. The molecule has 0 atom stereocenters. The number of hydrogen-bond acceptors (Lipinski definition) is 4. The summed E-state index contributed by atoms with van der Waals surface area (Å²) < 4.78 is 30.9. The van der Waals surface area contributed by atoms with E-state index in [0.717, 1.165) is 36.0 Å². The van der Waals surface area contributed by atoms with E-state index in [4.69, 9.17) is 14.0 Å². The van der Waals surface area contributed by atoms with Gasteiger partial charge in [0.05, 0.1) is 18.3 Å². The molecule has 0 unspecified atom stereocenters. The number of benzene rings is 1. The number of hydrogen-bond donors (Lipinski definition) is 1. The van der Waals surface area contributed by atoms with Crippen LogP contribution in [-0.2, 0) is 15.9 Å². The molecule has 0 aliphatic carbocycles. The highest BCUT2D eigenvalue weighted by Crippen LogP contribution is 2.39. The molecule has 154 valence electrons. The Morgan fingerprint density at radius 2 is 1.89 bits per heavy atom. The quantitative estimate of drug-likeness (QED) is 0.373. The normalized spacial score (nSPS) is 18.4. The van der Waals surface area contributed by atoms with E-state index in [1.54, 1.807) is 12.1 Å². The van der Waals surface area contributed by atoms with E-state index in [1.807, 2.05) is 0 Å². The summed E-state index contributed by atoms with van der Waals surface area (Å²) in [6, 6.07) is 4.89. The van der Waals surface area contributed by atoms with Crippen LogP contribution >= 0.6 is 0 Å². The van der Waals surface area contributed by atoms with Gasteiger partial charge in [-0.2, -0.15) is 0 Å². The second-order valence-corrected chi connectivity index (χ2v) is 8.16. The lowest BCUT2D eigenvalue weighted by atomic mass is 9.72. The molecule has 1 aliphatic rings. The summed E-state index contributed by atoms with van der Waals surface area (Å²) in [5.74, 6) is -0.0889. The van der Waals surface area contributed by atoms with Crippen molar-refractivity contribution < 1.29 is 18.4 Å². The van der Waals surface area contributed by atoms with Crippen LogP contribution in [0.4, 0.5) is 4.39 Å². The van der Waals surface area contributed by atoms with E-state index < -0.39 is 0 Å². The van der Waals surface area contributed by atoms with Crippen LogP contribution in [0.25, 0.3) is 0 Å².